The van der Waals surface area contributed by atoms with Gasteiger partial charge < -0.3 is 158 Å². The van der Waals surface area contributed by atoms with Crippen molar-refractivity contribution in [2.24, 2.45) is 0 Å². The zero-order valence-corrected chi connectivity index (χ0v) is 63.9. The van der Waals surface area contributed by atoms with Crippen LogP contribution in [0.4, 0.5) is 0 Å². The summed E-state index contributed by atoms with van der Waals surface area (Å²) in [4.78, 5) is 111. The largest absolute Gasteiger partial charge is 0.549 e. The van der Waals surface area contributed by atoms with E-state index in [1.54, 1.807) is 81.0 Å². The number of carboxylic acids is 9. The predicted molar refractivity (Wildman–Crippen MR) is 348 cm³/mol. The molecule has 1 saturated heterocycles. The van der Waals surface area contributed by atoms with E-state index in [0.29, 0.717) is 31.0 Å². The van der Waals surface area contributed by atoms with Crippen LogP contribution in [0.3, 0.4) is 0 Å². The van der Waals surface area contributed by atoms with E-state index in [4.69, 9.17) is 76.2 Å². The molecular formula is C60H112Gd2N10O34. The number of carbonyl (C=O) groups excluding carboxylic acids is 3. The van der Waals surface area contributed by atoms with Gasteiger partial charge in [-0.2, -0.15) is 0 Å². The van der Waals surface area contributed by atoms with Crippen molar-refractivity contribution >= 4 is 53.7 Å². The summed E-state index contributed by atoms with van der Waals surface area (Å²) >= 11 is 0. The molecule has 0 aliphatic carbocycles. The number of quaternary nitrogens is 3. The molecule has 1 aromatic rings. The molecule has 1 fully saturated rings. The van der Waals surface area contributed by atoms with E-state index in [0.717, 1.165) is 9.80 Å². The predicted octanol–water partition coefficient (Wildman–Crippen LogP) is -20.3. The van der Waals surface area contributed by atoms with E-state index in [2.05, 4.69) is 0 Å². The van der Waals surface area contributed by atoms with Gasteiger partial charge in [0.15, 0.2) is 0 Å². The van der Waals surface area contributed by atoms with E-state index in [1.807, 2.05) is 6.92 Å². The summed E-state index contributed by atoms with van der Waals surface area (Å²) in [7, 11) is 5.10. The Morgan fingerprint density at radius 1 is 0.415 bits per heavy atom. The van der Waals surface area contributed by atoms with Gasteiger partial charge in [-0.3, -0.25) is 63.1 Å². The van der Waals surface area contributed by atoms with Gasteiger partial charge in [0, 0.05) is 178 Å². The average molecular weight is 1830 g/mol. The Balaban J connectivity index is -0.000000432. The Bertz CT molecular complexity index is 2350. The van der Waals surface area contributed by atoms with Crippen molar-refractivity contribution < 1.29 is 266 Å². The topological polar surface area (TPSA) is 729 Å². The second kappa shape index (κ2) is 64.5. The molecule has 0 bridgehead atoms. The number of likely N-dealkylation sites (N-methyl/N-ethyl adjacent to an activating group) is 3. The first-order chi connectivity index (χ1) is 48.7. The molecule has 1 aliphatic heterocycles. The maximum absolute atomic E-state index is 11.4. The van der Waals surface area contributed by atoms with Gasteiger partial charge >= 0.3 is 35.8 Å². The maximum Gasteiger partial charge on any atom is 0.317 e. The number of rotatable bonds is 46. The smallest absolute Gasteiger partial charge is 0.317 e. The Kier molecular flexibility index (Phi) is 67.3. The normalized spacial score (nSPS) is 17.0. The molecule has 2 rings (SSSR count). The Morgan fingerprint density at radius 3 is 0.962 bits per heavy atom. The number of benzene rings is 1. The van der Waals surface area contributed by atoms with Gasteiger partial charge in [0.25, 0.3) is 0 Å². The van der Waals surface area contributed by atoms with Gasteiger partial charge in [0.1, 0.15) is 98.6 Å². The van der Waals surface area contributed by atoms with E-state index in [9.17, 15) is 94.2 Å². The van der Waals surface area contributed by atoms with Crippen LogP contribution in [0.1, 0.15) is 12.5 Å². The minimum absolute atomic E-state index is 0. The van der Waals surface area contributed by atoms with Crippen molar-refractivity contribution in [3.8, 4) is 5.75 Å². The SMILES string of the molecule is CCOc1ccc(C[C@@H](CN(CCN(CC(=O)O)CC(=O)O)CC(=O)[O-])N(CC(=O)[O-])CC(=O)O)cc1.C[NH2+]CC(O)C(O)C(O)C(O)CO.C[NH2+]CC(O)C(O)C(O)C(O)CO.C[NH2+]CC(O)C(O)C(O)C(O)CO.O=C([O-])CN1CCN(CC(=O)O)CCN(CC(=O)O)CCN(CC(=O)O)CC1.[Gd].[Gd]. The molecule has 0 radical (unpaired) electrons. The first kappa shape index (κ1) is 110. The van der Waals surface area contributed by atoms with Crippen molar-refractivity contribution in [2.75, 3.05) is 198 Å². The summed E-state index contributed by atoms with van der Waals surface area (Å²) in [5.74, 6) is -10.6. The molecule has 1 aliphatic rings. The molecule has 13 atom stereocenters. The number of nitrogens with zero attached hydrogens (tertiary/aromatic N) is 7. The van der Waals surface area contributed by atoms with Crippen LogP contribution in [0.25, 0.3) is 0 Å². The molecule has 0 spiro atoms. The van der Waals surface area contributed by atoms with Crippen LogP contribution >= 0.6 is 0 Å². The third-order valence-electron chi connectivity index (χ3n) is 14.9. The number of hydrogen-bond donors (Lipinski definition) is 24. The monoisotopic (exact) mass is 1830 g/mol. The molecule has 106 heavy (non-hydrogen) atoms. The third kappa shape index (κ3) is 55.3. The Hall–Kier alpha value is -4.10. The Labute approximate surface area is 675 Å². The number of carboxylic acid groups (broad SMARTS) is 9. The van der Waals surface area contributed by atoms with Crippen LogP contribution in [-0.4, -0.2) is 473 Å². The van der Waals surface area contributed by atoms with Crippen molar-refractivity contribution in [2.45, 2.75) is 92.6 Å². The molecule has 622 valence electrons. The van der Waals surface area contributed by atoms with Gasteiger partial charge in [-0.1, -0.05) is 12.1 Å². The summed E-state index contributed by atoms with van der Waals surface area (Å²) in [6.45, 7) is -1.50. The first-order valence-electron chi connectivity index (χ1n) is 32.7. The maximum atomic E-state index is 11.4. The third-order valence-corrected chi connectivity index (χ3v) is 14.9. The molecular weight excluding hydrogens is 1720 g/mol. The summed E-state index contributed by atoms with van der Waals surface area (Å²) in [5.41, 5.74) is 0.689. The molecule has 44 nitrogen and oxygen atoms in total. The van der Waals surface area contributed by atoms with Crippen molar-refractivity contribution in [1.82, 2.24) is 34.3 Å². The van der Waals surface area contributed by atoms with Crippen molar-refractivity contribution in [3.05, 3.63) is 29.8 Å². The summed E-state index contributed by atoms with van der Waals surface area (Å²) in [6.07, 6.45) is -16.5. The molecule has 1 heterocycles. The number of aliphatic hydroxyl groups is 15. The van der Waals surface area contributed by atoms with Crippen molar-refractivity contribution in [1.29, 1.82) is 0 Å². The summed E-state index contributed by atoms with van der Waals surface area (Å²) < 4.78 is 5.39. The van der Waals surface area contributed by atoms with E-state index >= 15 is 0 Å². The van der Waals surface area contributed by atoms with Gasteiger partial charge in [-0.25, -0.2) is 0 Å². The molecule has 46 heteroatoms. The van der Waals surface area contributed by atoms with Crippen molar-refractivity contribution in [3.63, 3.8) is 0 Å². The molecule has 12 unspecified atom stereocenters. The standard InChI is InChI=1S/C23H33N3O11.C16H28N4O8.3C7H17NO5.2Gd/c1-2-37-18-5-3-16(4-6-18)9-17(26(14-22(33)34)15-23(35)36)10-24(11-19(27)28)7-8-25(12-20(29)30)13-21(31)32;21-13(22)9-17-1-2-18(10-14(23)24)5-6-20(12-16(27)28)8-7-19(4-3-17)11-15(25)26;3*1-8-2-4(10)6(12)7(13)5(11)3-9;;/h3-6,17H,2,7-15H2,1H3,(H,27,28)(H,29,30)(H,31,32)(H,33,34)(H,35,36);1-12H2,(H,21,22)(H,23,24)(H,25,26)(H,27,28);3*4-13H,2-3H2,1H3;;/t17-;;;;;;/m0....../s1. The average Bonchev–Trinajstić information content (AvgIpc) is 0.852. The van der Waals surface area contributed by atoms with Crippen LogP contribution in [0.15, 0.2) is 24.3 Å². The number of ether oxygens (including phenoxy) is 1. The zero-order valence-electron chi connectivity index (χ0n) is 59.4. The molecule has 27 N–H and O–H groups in total. The molecule has 0 aromatic heterocycles. The second-order valence-corrected chi connectivity index (χ2v) is 23.7. The van der Waals surface area contributed by atoms with Crippen LogP contribution in [-0.2, 0) is 49.6 Å². The van der Waals surface area contributed by atoms with Gasteiger partial charge in [-0.05, 0) is 31.0 Å². The molecule has 0 saturated carbocycles. The van der Waals surface area contributed by atoms with Gasteiger partial charge in [0.2, 0.25) is 0 Å². The van der Waals surface area contributed by atoms with Crippen LogP contribution < -0.4 is 36.0 Å². The quantitative estimate of drug-likeness (QED) is 0.0288. The fourth-order valence-electron chi connectivity index (χ4n) is 9.52. The number of nitrogens with two attached hydrogens (primary N) is 3. The number of carbonyl (C=O) groups is 9. The van der Waals surface area contributed by atoms with Gasteiger partial charge in [0.05, 0.1) is 105 Å². The van der Waals surface area contributed by atoms with E-state index in [1.165, 1.54) is 4.90 Å². The summed E-state index contributed by atoms with van der Waals surface area (Å²) in [5, 5.41) is 228. The fourth-order valence-corrected chi connectivity index (χ4v) is 9.52. The van der Waals surface area contributed by atoms with Gasteiger partial charge in [-0.15, -0.1) is 0 Å². The Morgan fingerprint density at radius 2 is 0.708 bits per heavy atom. The summed E-state index contributed by atoms with van der Waals surface area (Å²) in [6, 6.07) is 5.97. The van der Waals surface area contributed by atoms with Crippen LogP contribution in [0.2, 0.25) is 0 Å². The van der Waals surface area contributed by atoms with E-state index in [-0.39, 0.29) is 191 Å². The van der Waals surface area contributed by atoms with E-state index < -0.39 is 186 Å². The molecule has 0 amide bonds. The van der Waals surface area contributed by atoms with Crippen LogP contribution in [0.5, 0.6) is 5.75 Å². The number of aliphatic hydroxyl groups excluding tert-OH is 15. The minimum atomic E-state index is -1.53. The number of aliphatic carboxylic acids is 9. The van der Waals surface area contributed by atoms with Crippen LogP contribution in [0, 0.1) is 79.9 Å². The second-order valence-electron chi connectivity index (χ2n) is 23.7. The fraction of sp³-hybridized carbons (Fsp3) is 0.750. The minimum Gasteiger partial charge on any atom is -0.549 e. The zero-order chi connectivity index (χ0) is 80.4. The first-order valence-corrected chi connectivity index (χ1v) is 32.7. The molecule has 1 aromatic carbocycles. The number of hydrogen-bond acceptors (Lipinski definition) is 35.